The van der Waals surface area contributed by atoms with Gasteiger partial charge in [0.25, 0.3) is 0 Å². The molecule has 0 unspecified atom stereocenters. The molecule has 27 heavy (non-hydrogen) atoms. The number of rotatable bonds is 11. The van der Waals surface area contributed by atoms with Gasteiger partial charge in [-0.2, -0.15) is 0 Å². The second-order valence-electron chi connectivity index (χ2n) is 6.54. The van der Waals surface area contributed by atoms with Crippen LogP contribution in [0.15, 0.2) is 11.3 Å². The van der Waals surface area contributed by atoms with Crippen LogP contribution in [0.25, 0.3) is 0 Å². The SMILES string of the molecule is CCCCCN=C(NCCN1CCOCC1)NCCn1cnnc1CC.I. The summed E-state index contributed by atoms with van der Waals surface area (Å²) < 4.78 is 7.49. The molecule has 0 aromatic carbocycles. The van der Waals surface area contributed by atoms with E-state index in [2.05, 4.69) is 44.1 Å². The van der Waals surface area contributed by atoms with Crippen LogP contribution in [0.2, 0.25) is 0 Å². The molecule has 0 saturated carbocycles. The Kier molecular flexibility index (Phi) is 13.4. The zero-order valence-electron chi connectivity index (χ0n) is 16.8. The van der Waals surface area contributed by atoms with Crippen molar-refractivity contribution in [2.24, 2.45) is 4.99 Å². The highest BCUT2D eigenvalue weighted by atomic mass is 127. The predicted octanol–water partition coefficient (Wildman–Crippen LogP) is 1.52. The van der Waals surface area contributed by atoms with E-state index in [0.717, 1.165) is 83.7 Å². The number of nitrogens with zero attached hydrogens (tertiary/aromatic N) is 5. The van der Waals surface area contributed by atoms with Gasteiger partial charge in [0, 0.05) is 52.2 Å². The lowest BCUT2D eigenvalue weighted by atomic mass is 10.2. The molecule has 9 heteroatoms. The molecular formula is C18H36IN7O. The highest BCUT2D eigenvalue weighted by Gasteiger charge is 2.09. The summed E-state index contributed by atoms with van der Waals surface area (Å²) in [5.41, 5.74) is 0. The van der Waals surface area contributed by atoms with E-state index in [4.69, 9.17) is 9.73 Å². The first-order chi connectivity index (χ1) is 12.8. The molecule has 156 valence electrons. The van der Waals surface area contributed by atoms with Gasteiger partial charge in [0.05, 0.1) is 13.2 Å². The zero-order chi connectivity index (χ0) is 18.5. The summed E-state index contributed by atoms with van der Waals surface area (Å²) in [5.74, 6) is 1.92. The number of hydrogen-bond donors (Lipinski definition) is 2. The Labute approximate surface area is 180 Å². The second-order valence-corrected chi connectivity index (χ2v) is 6.54. The largest absolute Gasteiger partial charge is 0.379 e. The number of nitrogens with one attached hydrogen (secondary N) is 2. The Morgan fingerprint density at radius 1 is 1.15 bits per heavy atom. The first kappa shape index (κ1) is 24.1. The quantitative estimate of drug-likeness (QED) is 0.211. The molecule has 1 aromatic rings. The van der Waals surface area contributed by atoms with Crippen LogP contribution in [0.3, 0.4) is 0 Å². The minimum absolute atomic E-state index is 0. The Morgan fingerprint density at radius 3 is 2.59 bits per heavy atom. The first-order valence-electron chi connectivity index (χ1n) is 10.0. The van der Waals surface area contributed by atoms with Gasteiger partial charge in [0.15, 0.2) is 5.96 Å². The van der Waals surface area contributed by atoms with Gasteiger partial charge in [0.1, 0.15) is 12.2 Å². The highest BCUT2D eigenvalue weighted by molar-refractivity contribution is 14.0. The van der Waals surface area contributed by atoms with Crippen LogP contribution in [0.4, 0.5) is 0 Å². The monoisotopic (exact) mass is 493 g/mol. The number of aromatic nitrogens is 3. The van der Waals surface area contributed by atoms with E-state index >= 15 is 0 Å². The van der Waals surface area contributed by atoms with E-state index in [0.29, 0.717) is 0 Å². The normalized spacial score (nSPS) is 15.4. The van der Waals surface area contributed by atoms with E-state index < -0.39 is 0 Å². The Balaban J connectivity index is 0.00000364. The maximum Gasteiger partial charge on any atom is 0.191 e. The predicted molar refractivity (Wildman–Crippen MR) is 120 cm³/mol. The minimum Gasteiger partial charge on any atom is -0.379 e. The Morgan fingerprint density at radius 2 is 1.89 bits per heavy atom. The summed E-state index contributed by atoms with van der Waals surface area (Å²) in [4.78, 5) is 7.14. The summed E-state index contributed by atoms with van der Waals surface area (Å²) in [6.45, 7) is 12.5. The standard InChI is InChI=1S/C18H35N7O.HI/c1-3-5-6-7-19-18(20-8-10-24-12-14-26-15-13-24)21-9-11-25-16-22-23-17(25)4-2;/h16H,3-15H2,1-2H3,(H2,19,20,21);1H. The van der Waals surface area contributed by atoms with Gasteiger partial charge in [-0.15, -0.1) is 34.2 Å². The molecule has 0 radical (unpaired) electrons. The maximum absolute atomic E-state index is 5.40. The third-order valence-electron chi connectivity index (χ3n) is 4.51. The number of unbranched alkanes of at least 4 members (excludes halogenated alkanes) is 2. The zero-order valence-corrected chi connectivity index (χ0v) is 19.2. The number of guanidine groups is 1. The molecule has 0 bridgehead atoms. The van der Waals surface area contributed by atoms with E-state index in [1.807, 2.05) is 0 Å². The van der Waals surface area contributed by atoms with Crippen LogP contribution in [0.1, 0.15) is 38.9 Å². The summed E-state index contributed by atoms with van der Waals surface area (Å²) in [6, 6.07) is 0. The average molecular weight is 493 g/mol. The second kappa shape index (κ2) is 15.0. The van der Waals surface area contributed by atoms with Crippen molar-refractivity contribution in [2.45, 2.75) is 46.1 Å². The van der Waals surface area contributed by atoms with Gasteiger partial charge in [-0.1, -0.05) is 26.7 Å². The van der Waals surface area contributed by atoms with Crippen molar-refractivity contribution < 1.29 is 4.74 Å². The van der Waals surface area contributed by atoms with Crippen molar-refractivity contribution in [1.82, 2.24) is 30.3 Å². The third-order valence-corrected chi connectivity index (χ3v) is 4.51. The fourth-order valence-electron chi connectivity index (χ4n) is 2.92. The van der Waals surface area contributed by atoms with E-state index in [1.165, 1.54) is 12.8 Å². The lowest BCUT2D eigenvalue weighted by molar-refractivity contribution is 0.0389. The molecule has 0 atom stereocenters. The minimum atomic E-state index is 0. The third kappa shape index (κ3) is 9.70. The number of halogens is 1. The van der Waals surface area contributed by atoms with Gasteiger partial charge >= 0.3 is 0 Å². The molecule has 1 aliphatic heterocycles. The summed E-state index contributed by atoms with van der Waals surface area (Å²) in [7, 11) is 0. The molecule has 2 heterocycles. The van der Waals surface area contributed by atoms with Crippen LogP contribution in [0.5, 0.6) is 0 Å². The molecule has 0 spiro atoms. The molecule has 0 amide bonds. The van der Waals surface area contributed by atoms with Crippen LogP contribution in [0, 0.1) is 0 Å². The van der Waals surface area contributed by atoms with Crippen LogP contribution < -0.4 is 10.6 Å². The van der Waals surface area contributed by atoms with Crippen LogP contribution >= 0.6 is 24.0 Å². The molecule has 1 fully saturated rings. The van der Waals surface area contributed by atoms with Crippen molar-refractivity contribution >= 4 is 29.9 Å². The van der Waals surface area contributed by atoms with Gasteiger partial charge in [-0.25, -0.2) is 0 Å². The van der Waals surface area contributed by atoms with Crippen molar-refractivity contribution in [3.8, 4) is 0 Å². The van der Waals surface area contributed by atoms with E-state index in [1.54, 1.807) is 6.33 Å². The molecular weight excluding hydrogens is 457 g/mol. The molecule has 1 saturated heterocycles. The van der Waals surface area contributed by atoms with Gasteiger partial charge < -0.3 is 19.9 Å². The first-order valence-corrected chi connectivity index (χ1v) is 10.0. The van der Waals surface area contributed by atoms with Crippen molar-refractivity contribution in [3.63, 3.8) is 0 Å². The molecule has 2 N–H and O–H groups in total. The summed E-state index contributed by atoms with van der Waals surface area (Å²) in [5, 5.41) is 15.0. The van der Waals surface area contributed by atoms with E-state index in [-0.39, 0.29) is 24.0 Å². The van der Waals surface area contributed by atoms with Crippen molar-refractivity contribution in [2.75, 3.05) is 52.5 Å². The number of ether oxygens (including phenoxy) is 1. The number of morpholine rings is 1. The maximum atomic E-state index is 5.40. The van der Waals surface area contributed by atoms with Gasteiger partial charge in [0.2, 0.25) is 0 Å². The number of aliphatic imine (C=N–C) groups is 1. The van der Waals surface area contributed by atoms with Gasteiger partial charge in [-0.05, 0) is 6.42 Å². The lowest BCUT2D eigenvalue weighted by Gasteiger charge is -2.26. The van der Waals surface area contributed by atoms with Crippen molar-refractivity contribution in [1.29, 1.82) is 0 Å². The molecule has 8 nitrogen and oxygen atoms in total. The van der Waals surface area contributed by atoms with Crippen LogP contribution in [-0.4, -0.2) is 78.1 Å². The van der Waals surface area contributed by atoms with Crippen LogP contribution in [-0.2, 0) is 17.7 Å². The fourth-order valence-corrected chi connectivity index (χ4v) is 2.92. The molecule has 1 aromatic heterocycles. The fraction of sp³-hybridized carbons (Fsp3) is 0.833. The molecule has 0 aliphatic carbocycles. The summed E-state index contributed by atoms with van der Waals surface area (Å²) >= 11 is 0. The number of hydrogen-bond acceptors (Lipinski definition) is 5. The van der Waals surface area contributed by atoms with Gasteiger partial charge in [-0.3, -0.25) is 9.89 Å². The molecule has 1 aliphatic rings. The Hall–Kier alpha value is -0.940. The average Bonchev–Trinajstić information content (AvgIpc) is 3.13. The van der Waals surface area contributed by atoms with E-state index in [9.17, 15) is 0 Å². The summed E-state index contributed by atoms with van der Waals surface area (Å²) in [6.07, 6.45) is 6.28. The smallest absolute Gasteiger partial charge is 0.191 e. The number of aryl methyl sites for hydroxylation is 1. The van der Waals surface area contributed by atoms with Crippen molar-refractivity contribution in [3.05, 3.63) is 12.2 Å². The highest BCUT2D eigenvalue weighted by Crippen LogP contribution is 1.97. The lowest BCUT2D eigenvalue weighted by Crippen LogP contribution is -2.45. The Bertz CT molecular complexity index is 518. The topological polar surface area (TPSA) is 79.6 Å². The molecule has 2 rings (SSSR count).